The highest BCUT2D eigenvalue weighted by atomic mass is 16.7. The van der Waals surface area contributed by atoms with E-state index >= 15 is 0 Å². The molecule has 2 aliphatic heterocycles. The zero-order valence-corrected chi connectivity index (χ0v) is 33.1. The van der Waals surface area contributed by atoms with E-state index in [-0.39, 0.29) is 51.6 Å². The fourth-order valence-electron chi connectivity index (χ4n) is 13.5. The largest absolute Gasteiger partial charge is 0.481 e. The molecule has 0 radical (unpaired) electrons. The molecule has 4 saturated carbocycles. The lowest BCUT2D eigenvalue weighted by atomic mass is 9.33. The summed E-state index contributed by atoms with van der Waals surface area (Å²) in [6.45, 7) is 15.2. The van der Waals surface area contributed by atoms with Crippen molar-refractivity contribution in [3.63, 3.8) is 0 Å². The van der Waals surface area contributed by atoms with Crippen LogP contribution in [0.4, 0.5) is 0 Å². The highest BCUT2D eigenvalue weighted by Crippen LogP contribution is 2.76. The zero-order valence-electron chi connectivity index (χ0n) is 33.1. The molecule has 308 valence electrons. The second kappa shape index (κ2) is 13.7. The second-order valence-electron chi connectivity index (χ2n) is 20.3. The van der Waals surface area contributed by atoms with Gasteiger partial charge in [-0.05, 0) is 103 Å². The molecule has 8 N–H and O–H groups in total. The number of carbonyl (C=O) groups is 1. The fraction of sp³-hybridized carbons (Fsp3) is 0.927. The summed E-state index contributed by atoms with van der Waals surface area (Å²) in [5.41, 5.74) is -0.858. The Morgan fingerprint density at radius 1 is 0.815 bits per heavy atom. The van der Waals surface area contributed by atoms with E-state index in [1.807, 2.05) is 0 Å². The van der Waals surface area contributed by atoms with Crippen molar-refractivity contribution < 1.29 is 64.6 Å². The first kappa shape index (κ1) is 40.9. The van der Waals surface area contributed by atoms with Gasteiger partial charge < -0.3 is 59.8 Å². The molecule has 5 aliphatic carbocycles. The summed E-state index contributed by atoms with van der Waals surface area (Å²) in [6, 6.07) is 0. The molecule has 0 amide bonds. The SMILES string of the molecule is CC1(C)CC[C@]2(C(=O)O)[C@H](O)C[C@]3(C)C(=CC[C@@H]4[C@@]5(C)CC[C@H](O[C@@H]6OC[C@H](O)[C@H](O[C@@H]7O[C@H](CO)[C@@H](O)[C@H](O)[C@H]7O)[C@H]6O)C(C)(C)[C@@H]5CC[C@]43C)[C@@H]2C1. The number of ether oxygens (including phenoxy) is 4. The minimum Gasteiger partial charge on any atom is -0.481 e. The maximum absolute atomic E-state index is 13.1. The molecule has 0 aromatic rings. The Bertz CT molecular complexity index is 1470. The number of allylic oxidation sites excluding steroid dienone is 2. The van der Waals surface area contributed by atoms with Gasteiger partial charge in [0, 0.05) is 0 Å². The first-order chi connectivity index (χ1) is 25.1. The smallest absolute Gasteiger partial charge is 0.312 e. The third-order valence-electron chi connectivity index (χ3n) is 16.9. The number of hydrogen-bond acceptors (Lipinski definition) is 12. The number of carboxylic acids is 1. The topological polar surface area (TPSA) is 216 Å². The van der Waals surface area contributed by atoms with Crippen molar-refractivity contribution >= 4 is 5.97 Å². The van der Waals surface area contributed by atoms with Crippen molar-refractivity contribution in [2.75, 3.05) is 13.2 Å². The van der Waals surface area contributed by atoms with Crippen LogP contribution in [0.5, 0.6) is 0 Å². The van der Waals surface area contributed by atoms with Gasteiger partial charge in [0.05, 0.1) is 25.4 Å². The first-order valence-corrected chi connectivity index (χ1v) is 20.3. The van der Waals surface area contributed by atoms with Crippen LogP contribution in [0.15, 0.2) is 11.6 Å². The molecule has 7 rings (SSSR count). The number of aliphatic hydroxyl groups is 7. The molecule has 54 heavy (non-hydrogen) atoms. The summed E-state index contributed by atoms with van der Waals surface area (Å²) in [6.07, 6.45) is -5.10. The zero-order chi connectivity index (χ0) is 39.6. The summed E-state index contributed by atoms with van der Waals surface area (Å²) in [5, 5.41) is 85.5. The molecule has 7 aliphatic rings. The molecule has 13 heteroatoms. The van der Waals surface area contributed by atoms with Crippen LogP contribution in [0.25, 0.3) is 0 Å². The van der Waals surface area contributed by atoms with Gasteiger partial charge >= 0.3 is 5.97 Å². The van der Waals surface area contributed by atoms with Gasteiger partial charge in [-0.2, -0.15) is 0 Å². The van der Waals surface area contributed by atoms with Crippen LogP contribution in [0.3, 0.4) is 0 Å². The van der Waals surface area contributed by atoms with Crippen molar-refractivity contribution in [3.8, 4) is 0 Å². The van der Waals surface area contributed by atoms with Crippen LogP contribution < -0.4 is 0 Å². The maximum Gasteiger partial charge on any atom is 0.312 e. The lowest BCUT2D eigenvalue weighted by Crippen LogP contribution is -2.68. The van der Waals surface area contributed by atoms with Gasteiger partial charge in [-0.1, -0.05) is 60.1 Å². The number of aliphatic carboxylic acids is 1. The van der Waals surface area contributed by atoms with Gasteiger partial charge in [0.15, 0.2) is 12.6 Å². The van der Waals surface area contributed by atoms with E-state index < -0.39 is 79.4 Å². The number of aliphatic hydroxyl groups excluding tert-OH is 7. The van der Waals surface area contributed by atoms with Crippen molar-refractivity contribution in [2.24, 2.45) is 50.2 Å². The number of fused-ring (bicyclic) bond motifs is 7. The van der Waals surface area contributed by atoms with E-state index in [9.17, 15) is 45.6 Å². The molecule has 0 aromatic heterocycles. The van der Waals surface area contributed by atoms with Crippen molar-refractivity contribution in [3.05, 3.63) is 11.6 Å². The summed E-state index contributed by atoms with van der Waals surface area (Å²) >= 11 is 0. The minimum absolute atomic E-state index is 0.00791. The number of rotatable bonds is 6. The van der Waals surface area contributed by atoms with Gasteiger partial charge in [-0.3, -0.25) is 4.79 Å². The number of hydrogen-bond donors (Lipinski definition) is 8. The Balaban J connectivity index is 1.11. The Morgan fingerprint density at radius 3 is 2.19 bits per heavy atom. The lowest BCUT2D eigenvalue weighted by molar-refractivity contribution is -0.357. The van der Waals surface area contributed by atoms with Crippen LogP contribution in [-0.4, -0.2) is 128 Å². The molecule has 0 spiro atoms. The Morgan fingerprint density at radius 2 is 1.52 bits per heavy atom. The molecule has 0 aromatic carbocycles. The summed E-state index contributed by atoms with van der Waals surface area (Å²) in [4.78, 5) is 13.1. The van der Waals surface area contributed by atoms with E-state index in [0.717, 1.165) is 38.5 Å². The van der Waals surface area contributed by atoms with E-state index in [1.165, 1.54) is 5.57 Å². The maximum atomic E-state index is 13.1. The molecule has 2 saturated heterocycles. The molecular weight excluding hydrogens is 700 g/mol. The molecule has 0 unspecified atom stereocenters. The quantitative estimate of drug-likeness (QED) is 0.144. The van der Waals surface area contributed by atoms with Crippen molar-refractivity contribution in [1.29, 1.82) is 0 Å². The van der Waals surface area contributed by atoms with Crippen LogP contribution in [0.1, 0.15) is 106 Å². The summed E-state index contributed by atoms with van der Waals surface area (Å²) < 4.78 is 23.8. The van der Waals surface area contributed by atoms with E-state index in [0.29, 0.717) is 25.2 Å². The fourth-order valence-corrected chi connectivity index (χ4v) is 13.5. The predicted octanol–water partition coefficient (Wildman–Crippen LogP) is 2.49. The van der Waals surface area contributed by atoms with E-state index in [4.69, 9.17) is 18.9 Å². The average Bonchev–Trinajstić information content (AvgIpc) is 3.08. The second-order valence-corrected chi connectivity index (χ2v) is 20.3. The molecule has 13 nitrogen and oxygen atoms in total. The molecule has 6 fully saturated rings. The van der Waals surface area contributed by atoms with Gasteiger partial charge in [-0.25, -0.2) is 0 Å². The monoisotopic (exact) mass is 766 g/mol. The van der Waals surface area contributed by atoms with Crippen LogP contribution >= 0.6 is 0 Å². The Kier molecular flexibility index (Phi) is 10.4. The van der Waals surface area contributed by atoms with Crippen LogP contribution in [0, 0.1) is 50.2 Å². The average molecular weight is 767 g/mol. The molecular formula is C41H66O13. The van der Waals surface area contributed by atoms with Crippen molar-refractivity contribution in [1.82, 2.24) is 0 Å². The number of carboxylic acid groups (broad SMARTS) is 1. The highest BCUT2D eigenvalue weighted by molar-refractivity contribution is 5.77. The van der Waals surface area contributed by atoms with Crippen molar-refractivity contribution in [2.45, 2.75) is 174 Å². The van der Waals surface area contributed by atoms with Gasteiger partial charge in [0.2, 0.25) is 0 Å². The van der Waals surface area contributed by atoms with Gasteiger partial charge in [0.1, 0.15) is 48.1 Å². The minimum atomic E-state index is -1.70. The van der Waals surface area contributed by atoms with Gasteiger partial charge in [0.25, 0.3) is 0 Å². The predicted molar refractivity (Wildman–Crippen MR) is 193 cm³/mol. The standard InChI is InChI=1S/C41H66O13/c1-36(2)14-15-41(35(49)50)21(16-36)20-8-9-25-38(5)12-11-27(37(3,4)24(38)10-13-39(25,6)40(20,7)17-26(41)44)53-33-31(48)32(22(43)19-51-33)54-34-30(47)29(46)28(45)23(18-42)52-34/h8,21-34,42-48H,9-19H2,1-7H3,(H,49,50)/t21-,22-,23+,24-,25+,26+,27-,28+,29-,30+,31+,32-,33-,34-,38-,39+,40+,41+/m0/s1. The summed E-state index contributed by atoms with van der Waals surface area (Å²) in [5.74, 6) is -0.532. The highest BCUT2D eigenvalue weighted by Gasteiger charge is 2.71. The third kappa shape index (κ3) is 5.84. The Hall–Kier alpha value is -1.23. The first-order valence-electron chi connectivity index (χ1n) is 20.3. The normalized spacial score (nSPS) is 53.9. The lowest BCUT2D eigenvalue weighted by Gasteiger charge is -2.71. The van der Waals surface area contributed by atoms with Crippen LogP contribution in [-0.2, 0) is 23.7 Å². The van der Waals surface area contributed by atoms with E-state index in [2.05, 4.69) is 54.5 Å². The summed E-state index contributed by atoms with van der Waals surface area (Å²) in [7, 11) is 0. The van der Waals surface area contributed by atoms with E-state index in [1.54, 1.807) is 0 Å². The molecule has 18 atom stereocenters. The Labute approximate surface area is 319 Å². The van der Waals surface area contributed by atoms with Gasteiger partial charge in [-0.15, -0.1) is 0 Å². The third-order valence-corrected chi connectivity index (χ3v) is 16.9. The van der Waals surface area contributed by atoms with Crippen LogP contribution in [0.2, 0.25) is 0 Å². The molecule has 0 bridgehead atoms. The molecule has 2 heterocycles.